The van der Waals surface area contributed by atoms with Crippen molar-refractivity contribution in [1.82, 2.24) is 14.9 Å². The largest absolute Gasteiger partial charge is 0.350 e. The molecule has 126 valence electrons. The molecule has 2 heterocycles. The van der Waals surface area contributed by atoms with Crippen LogP contribution in [0.5, 0.6) is 0 Å². The molecule has 5 heteroatoms. The lowest BCUT2D eigenvalue weighted by Gasteiger charge is -2.30. The van der Waals surface area contributed by atoms with Crippen molar-refractivity contribution >= 4 is 11.9 Å². The third-order valence-electron chi connectivity index (χ3n) is 4.54. The monoisotopic (exact) mass is 324 g/mol. The molecule has 5 nitrogen and oxygen atoms in total. The molecule has 1 N–H and O–H groups in total. The zero-order valence-corrected chi connectivity index (χ0v) is 14.3. The molecule has 1 saturated heterocycles. The molecule has 1 fully saturated rings. The SMILES string of the molecule is Cc1ccccc1CNc1ncc(C(=O)N2CCCC(C)C2)cn1. The molecular formula is C19H24N4O. The van der Waals surface area contributed by atoms with Crippen molar-refractivity contribution in [1.29, 1.82) is 0 Å². The van der Waals surface area contributed by atoms with Crippen molar-refractivity contribution in [2.24, 2.45) is 5.92 Å². The van der Waals surface area contributed by atoms with E-state index in [1.807, 2.05) is 17.0 Å². The van der Waals surface area contributed by atoms with E-state index < -0.39 is 0 Å². The predicted molar refractivity (Wildman–Crippen MR) is 94.8 cm³/mol. The number of carbonyl (C=O) groups excluding carboxylic acids is 1. The molecule has 1 unspecified atom stereocenters. The molecule has 0 saturated carbocycles. The molecule has 1 aliphatic heterocycles. The number of rotatable bonds is 4. The second kappa shape index (κ2) is 7.43. The number of carbonyl (C=O) groups is 1. The number of likely N-dealkylation sites (tertiary alicyclic amines) is 1. The summed E-state index contributed by atoms with van der Waals surface area (Å²) in [6, 6.07) is 8.21. The van der Waals surface area contributed by atoms with Gasteiger partial charge in [0.25, 0.3) is 5.91 Å². The quantitative estimate of drug-likeness (QED) is 0.938. The lowest BCUT2D eigenvalue weighted by atomic mass is 10.00. The van der Waals surface area contributed by atoms with Crippen molar-refractivity contribution in [2.75, 3.05) is 18.4 Å². The van der Waals surface area contributed by atoms with Gasteiger partial charge in [-0.2, -0.15) is 0 Å². The Morgan fingerprint density at radius 2 is 2.04 bits per heavy atom. The topological polar surface area (TPSA) is 58.1 Å². The van der Waals surface area contributed by atoms with E-state index in [0.717, 1.165) is 19.5 Å². The first-order chi connectivity index (χ1) is 11.6. The number of hydrogen-bond donors (Lipinski definition) is 1. The van der Waals surface area contributed by atoms with Crippen LogP contribution in [0.2, 0.25) is 0 Å². The molecule has 24 heavy (non-hydrogen) atoms. The molecule has 1 aliphatic rings. The van der Waals surface area contributed by atoms with Gasteiger partial charge in [0.1, 0.15) is 0 Å². The summed E-state index contributed by atoms with van der Waals surface area (Å²) >= 11 is 0. The van der Waals surface area contributed by atoms with Crippen LogP contribution in [0.25, 0.3) is 0 Å². The van der Waals surface area contributed by atoms with Crippen molar-refractivity contribution in [3.63, 3.8) is 0 Å². The number of aryl methyl sites for hydroxylation is 1. The van der Waals surface area contributed by atoms with Crippen LogP contribution in [0.15, 0.2) is 36.7 Å². The summed E-state index contributed by atoms with van der Waals surface area (Å²) in [7, 11) is 0. The minimum Gasteiger partial charge on any atom is -0.350 e. The Balaban J connectivity index is 1.61. The van der Waals surface area contributed by atoms with Gasteiger partial charge >= 0.3 is 0 Å². The third-order valence-corrected chi connectivity index (χ3v) is 4.54. The summed E-state index contributed by atoms with van der Waals surface area (Å²) in [6.45, 7) is 6.60. The van der Waals surface area contributed by atoms with Crippen molar-refractivity contribution in [2.45, 2.75) is 33.2 Å². The van der Waals surface area contributed by atoms with E-state index in [1.54, 1.807) is 12.4 Å². The van der Waals surface area contributed by atoms with Gasteiger partial charge in [0, 0.05) is 32.0 Å². The maximum absolute atomic E-state index is 12.5. The van der Waals surface area contributed by atoms with Crippen LogP contribution in [0.3, 0.4) is 0 Å². The maximum Gasteiger partial charge on any atom is 0.257 e. The number of nitrogens with zero attached hydrogens (tertiary/aromatic N) is 3. The fourth-order valence-corrected chi connectivity index (χ4v) is 3.07. The molecule has 1 aromatic carbocycles. The first-order valence-corrected chi connectivity index (χ1v) is 8.53. The van der Waals surface area contributed by atoms with Gasteiger partial charge in [-0.1, -0.05) is 31.2 Å². The molecule has 1 atom stereocenters. The molecule has 0 aliphatic carbocycles. The molecule has 1 amide bonds. The highest BCUT2D eigenvalue weighted by atomic mass is 16.2. The molecule has 0 bridgehead atoms. The minimum atomic E-state index is 0.0343. The standard InChI is InChI=1S/C19H24N4O/c1-14-6-5-9-23(13-14)18(24)17-11-21-19(22-12-17)20-10-16-8-4-3-7-15(16)2/h3-4,7-8,11-12,14H,5-6,9-10,13H2,1-2H3,(H,20,21,22). The maximum atomic E-state index is 12.5. The number of nitrogens with one attached hydrogen (secondary N) is 1. The van der Waals surface area contributed by atoms with Crippen molar-refractivity contribution in [3.8, 4) is 0 Å². The molecule has 0 spiro atoms. The predicted octanol–water partition coefficient (Wildman–Crippen LogP) is 3.27. The number of aromatic nitrogens is 2. The molecule has 1 aromatic heterocycles. The summed E-state index contributed by atoms with van der Waals surface area (Å²) in [5, 5.41) is 3.21. The highest BCUT2D eigenvalue weighted by molar-refractivity contribution is 5.93. The van der Waals surface area contributed by atoms with Crippen LogP contribution in [-0.2, 0) is 6.54 Å². The first kappa shape index (κ1) is 16.4. The highest BCUT2D eigenvalue weighted by Gasteiger charge is 2.22. The van der Waals surface area contributed by atoms with E-state index in [9.17, 15) is 4.79 Å². The van der Waals surface area contributed by atoms with E-state index in [4.69, 9.17) is 0 Å². The summed E-state index contributed by atoms with van der Waals surface area (Å²) in [4.78, 5) is 23.0. The Morgan fingerprint density at radius 1 is 1.29 bits per heavy atom. The zero-order valence-electron chi connectivity index (χ0n) is 14.3. The van der Waals surface area contributed by atoms with Crippen LogP contribution in [0.1, 0.15) is 41.3 Å². The van der Waals surface area contributed by atoms with E-state index in [2.05, 4.69) is 41.3 Å². The molecule has 0 radical (unpaired) electrons. The smallest absolute Gasteiger partial charge is 0.257 e. The van der Waals surface area contributed by atoms with Crippen molar-refractivity contribution in [3.05, 3.63) is 53.3 Å². The summed E-state index contributed by atoms with van der Waals surface area (Å²) in [6.07, 6.45) is 5.51. The lowest BCUT2D eigenvalue weighted by molar-refractivity contribution is 0.0682. The number of piperidine rings is 1. The highest BCUT2D eigenvalue weighted by Crippen LogP contribution is 2.17. The van der Waals surface area contributed by atoms with Gasteiger partial charge in [0.05, 0.1) is 5.56 Å². The molecule has 3 rings (SSSR count). The lowest BCUT2D eigenvalue weighted by Crippen LogP contribution is -2.39. The van der Waals surface area contributed by atoms with E-state index in [1.165, 1.54) is 17.5 Å². The number of anilines is 1. The average Bonchev–Trinajstić information content (AvgIpc) is 2.61. The van der Waals surface area contributed by atoms with Gasteiger partial charge in [-0.05, 0) is 36.8 Å². The molecular weight excluding hydrogens is 300 g/mol. The second-order valence-corrected chi connectivity index (χ2v) is 6.57. The molecule has 2 aromatic rings. The average molecular weight is 324 g/mol. The van der Waals surface area contributed by atoms with Crippen LogP contribution >= 0.6 is 0 Å². The Morgan fingerprint density at radius 3 is 2.75 bits per heavy atom. The van der Waals surface area contributed by atoms with Gasteiger partial charge in [0.15, 0.2) is 0 Å². The van der Waals surface area contributed by atoms with E-state index >= 15 is 0 Å². The summed E-state index contributed by atoms with van der Waals surface area (Å²) in [5.74, 6) is 1.15. The number of amides is 1. The Hall–Kier alpha value is -2.43. The van der Waals surface area contributed by atoms with E-state index in [0.29, 0.717) is 24.0 Å². The zero-order chi connectivity index (χ0) is 16.9. The summed E-state index contributed by atoms with van der Waals surface area (Å²) in [5.41, 5.74) is 3.00. The third kappa shape index (κ3) is 3.91. The minimum absolute atomic E-state index is 0.0343. The van der Waals surface area contributed by atoms with Crippen LogP contribution < -0.4 is 5.32 Å². The van der Waals surface area contributed by atoms with Gasteiger partial charge in [-0.25, -0.2) is 9.97 Å². The first-order valence-electron chi connectivity index (χ1n) is 8.53. The fourth-order valence-electron chi connectivity index (χ4n) is 3.07. The fraction of sp³-hybridized carbons (Fsp3) is 0.421. The van der Waals surface area contributed by atoms with Gasteiger partial charge < -0.3 is 10.2 Å². The Labute approximate surface area is 143 Å². The summed E-state index contributed by atoms with van der Waals surface area (Å²) < 4.78 is 0. The second-order valence-electron chi connectivity index (χ2n) is 6.57. The Kier molecular flexibility index (Phi) is 5.08. The number of hydrogen-bond acceptors (Lipinski definition) is 4. The van der Waals surface area contributed by atoms with Crippen LogP contribution in [0.4, 0.5) is 5.95 Å². The normalized spacial score (nSPS) is 17.6. The number of benzene rings is 1. The van der Waals surface area contributed by atoms with Crippen LogP contribution in [0, 0.1) is 12.8 Å². The van der Waals surface area contributed by atoms with Crippen LogP contribution in [-0.4, -0.2) is 33.9 Å². The van der Waals surface area contributed by atoms with Gasteiger partial charge in [-0.3, -0.25) is 4.79 Å². The van der Waals surface area contributed by atoms with Crippen molar-refractivity contribution < 1.29 is 4.79 Å². The Bertz CT molecular complexity index is 699. The van der Waals surface area contributed by atoms with E-state index in [-0.39, 0.29) is 5.91 Å². The van der Waals surface area contributed by atoms with Gasteiger partial charge in [-0.15, -0.1) is 0 Å². The van der Waals surface area contributed by atoms with Gasteiger partial charge in [0.2, 0.25) is 5.95 Å².